The van der Waals surface area contributed by atoms with Crippen LogP contribution in [0.5, 0.6) is 0 Å². The zero-order valence-electron chi connectivity index (χ0n) is 8.66. The van der Waals surface area contributed by atoms with E-state index in [2.05, 4.69) is 5.32 Å². The van der Waals surface area contributed by atoms with E-state index in [4.69, 9.17) is 10.2 Å². The number of hydrogen-bond donors (Lipinski definition) is 2. The minimum atomic E-state index is -0.243. The van der Waals surface area contributed by atoms with Crippen LogP contribution in [0.15, 0.2) is 22.8 Å². The van der Waals surface area contributed by atoms with Crippen molar-refractivity contribution in [1.82, 2.24) is 5.32 Å². The highest BCUT2D eigenvalue weighted by atomic mass is 16.3. The van der Waals surface area contributed by atoms with Gasteiger partial charge >= 0.3 is 0 Å². The highest BCUT2D eigenvalue weighted by molar-refractivity contribution is 5.77. The molecule has 3 N–H and O–H groups in total. The lowest BCUT2D eigenvalue weighted by molar-refractivity contribution is -0.123. The summed E-state index contributed by atoms with van der Waals surface area (Å²) in [4.78, 5) is 11.5. The molecular weight excluding hydrogens is 192 g/mol. The van der Waals surface area contributed by atoms with Crippen LogP contribution in [0, 0.1) is 0 Å². The van der Waals surface area contributed by atoms with Crippen LogP contribution in [0.2, 0.25) is 0 Å². The maximum absolute atomic E-state index is 11.5. The molecule has 1 heterocycles. The van der Waals surface area contributed by atoms with Gasteiger partial charge in [-0.05, 0) is 31.4 Å². The predicted molar refractivity (Wildman–Crippen MR) is 55.9 cm³/mol. The normalized spacial score (nSPS) is 18.2. The van der Waals surface area contributed by atoms with Crippen molar-refractivity contribution in [2.45, 2.75) is 37.8 Å². The summed E-state index contributed by atoms with van der Waals surface area (Å²) in [5.74, 6) is 0.775. The standard InChI is InChI=1S/C11H16N2O2/c12-11(4-2-5-11)7-10(14)13-8-9-3-1-6-15-9/h1,3,6H,2,4-5,7-8,12H2,(H,13,14). The van der Waals surface area contributed by atoms with Gasteiger partial charge in [0, 0.05) is 12.0 Å². The van der Waals surface area contributed by atoms with E-state index in [9.17, 15) is 4.79 Å². The molecule has 0 saturated heterocycles. The largest absolute Gasteiger partial charge is 0.467 e. The summed E-state index contributed by atoms with van der Waals surface area (Å²) in [6, 6.07) is 3.64. The van der Waals surface area contributed by atoms with Gasteiger partial charge in [0.2, 0.25) is 5.91 Å². The van der Waals surface area contributed by atoms with Crippen molar-refractivity contribution in [3.63, 3.8) is 0 Å². The number of nitrogens with two attached hydrogens (primary N) is 1. The van der Waals surface area contributed by atoms with E-state index in [-0.39, 0.29) is 11.4 Å². The maximum Gasteiger partial charge on any atom is 0.222 e. The van der Waals surface area contributed by atoms with Crippen LogP contribution in [0.4, 0.5) is 0 Å². The molecule has 0 aromatic carbocycles. The van der Waals surface area contributed by atoms with Gasteiger partial charge in [-0.25, -0.2) is 0 Å². The van der Waals surface area contributed by atoms with Crippen molar-refractivity contribution in [2.75, 3.05) is 0 Å². The van der Waals surface area contributed by atoms with Gasteiger partial charge in [0.05, 0.1) is 12.8 Å². The summed E-state index contributed by atoms with van der Waals surface area (Å²) < 4.78 is 5.11. The molecule has 4 heteroatoms. The van der Waals surface area contributed by atoms with Gasteiger partial charge in [0.25, 0.3) is 0 Å². The Morgan fingerprint density at radius 2 is 2.40 bits per heavy atom. The van der Waals surface area contributed by atoms with Crippen molar-refractivity contribution in [3.8, 4) is 0 Å². The van der Waals surface area contributed by atoms with Crippen LogP contribution < -0.4 is 11.1 Å². The fraction of sp³-hybridized carbons (Fsp3) is 0.545. The van der Waals surface area contributed by atoms with Crippen LogP contribution in [0.3, 0.4) is 0 Å². The molecule has 0 bridgehead atoms. The number of rotatable bonds is 4. The lowest BCUT2D eigenvalue weighted by Crippen LogP contribution is -2.49. The minimum Gasteiger partial charge on any atom is -0.467 e. The van der Waals surface area contributed by atoms with Gasteiger partial charge in [-0.3, -0.25) is 4.79 Å². The molecule has 4 nitrogen and oxygen atoms in total. The molecule has 2 rings (SSSR count). The summed E-state index contributed by atoms with van der Waals surface area (Å²) in [5.41, 5.74) is 5.73. The first-order valence-electron chi connectivity index (χ1n) is 5.26. The molecule has 0 unspecified atom stereocenters. The van der Waals surface area contributed by atoms with E-state index in [1.807, 2.05) is 6.07 Å². The Kier molecular flexibility index (Phi) is 2.77. The number of carbonyl (C=O) groups excluding carboxylic acids is 1. The third-order valence-corrected chi connectivity index (χ3v) is 2.90. The third-order valence-electron chi connectivity index (χ3n) is 2.90. The molecule has 1 saturated carbocycles. The summed E-state index contributed by atoms with van der Waals surface area (Å²) >= 11 is 0. The molecule has 1 aliphatic carbocycles. The van der Waals surface area contributed by atoms with E-state index < -0.39 is 0 Å². The minimum absolute atomic E-state index is 0.00796. The highest BCUT2D eigenvalue weighted by Gasteiger charge is 2.34. The van der Waals surface area contributed by atoms with Gasteiger partial charge in [-0.15, -0.1) is 0 Å². The second-order valence-electron chi connectivity index (χ2n) is 4.25. The third kappa shape index (κ3) is 2.59. The first kappa shape index (κ1) is 10.2. The van der Waals surface area contributed by atoms with Crippen molar-refractivity contribution >= 4 is 5.91 Å². The molecule has 1 amide bonds. The molecule has 1 aromatic heterocycles. The quantitative estimate of drug-likeness (QED) is 0.780. The molecule has 1 aromatic rings. The fourth-order valence-electron chi connectivity index (χ4n) is 1.79. The Morgan fingerprint density at radius 3 is 2.93 bits per heavy atom. The van der Waals surface area contributed by atoms with Crippen LogP contribution in [0.1, 0.15) is 31.4 Å². The van der Waals surface area contributed by atoms with Gasteiger partial charge in [0.1, 0.15) is 5.76 Å². The van der Waals surface area contributed by atoms with E-state index >= 15 is 0 Å². The maximum atomic E-state index is 11.5. The Hall–Kier alpha value is -1.29. The zero-order valence-corrected chi connectivity index (χ0v) is 8.66. The Bertz CT molecular complexity index is 328. The predicted octanol–water partition coefficient (Wildman–Crippen LogP) is 1.17. The molecule has 1 aliphatic rings. The second-order valence-corrected chi connectivity index (χ2v) is 4.25. The first-order valence-corrected chi connectivity index (χ1v) is 5.26. The smallest absolute Gasteiger partial charge is 0.222 e. The van der Waals surface area contributed by atoms with Gasteiger partial charge < -0.3 is 15.5 Å². The average Bonchev–Trinajstić information content (AvgIpc) is 2.64. The number of furan rings is 1. The van der Waals surface area contributed by atoms with Crippen molar-refractivity contribution in [1.29, 1.82) is 0 Å². The molecular formula is C11H16N2O2. The van der Waals surface area contributed by atoms with Crippen molar-refractivity contribution in [2.24, 2.45) is 5.73 Å². The van der Waals surface area contributed by atoms with Crippen molar-refractivity contribution < 1.29 is 9.21 Å². The Balaban J connectivity index is 1.73. The fourth-order valence-corrected chi connectivity index (χ4v) is 1.79. The van der Waals surface area contributed by atoms with E-state index in [0.717, 1.165) is 25.0 Å². The monoisotopic (exact) mass is 208 g/mol. The van der Waals surface area contributed by atoms with Crippen LogP contribution in [0.25, 0.3) is 0 Å². The van der Waals surface area contributed by atoms with Gasteiger partial charge in [0.15, 0.2) is 0 Å². The lowest BCUT2D eigenvalue weighted by Gasteiger charge is -2.37. The number of hydrogen-bond acceptors (Lipinski definition) is 3. The van der Waals surface area contributed by atoms with Gasteiger partial charge in [-0.2, -0.15) is 0 Å². The SMILES string of the molecule is NC1(CC(=O)NCc2ccco2)CCC1. The summed E-state index contributed by atoms with van der Waals surface area (Å²) in [6.07, 6.45) is 5.08. The van der Waals surface area contributed by atoms with E-state index in [1.54, 1.807) is 12.3 Å². The average molecular weight is 208 g/mol. The Morgan fingerprint density at radius 1 is 1.60 bits per heavy atom. The van der Waals surface area contributed by atoms with E-state index in [1.165, 1.54) is 0 Å². The van der Waals surface area contributed by atoms with Crippen LogP contribution in [-0.2, 0) is 11.3 Å². The molecule has 0 spiro atoms. The molecule has 15 heavy (non-hydrogen) atoms. The van der Waals surface area contributed by atoms with E-state index in [0.29, 0.717) is 13.0 Å². The van der Waals surface area contributed by atoms with Gasteiger partial charge in [-0.1, -0.05) is 0 Å². The van der Waals surface area contributed by atoms with Crippen LogP contribution in [-0.4, -0.2) is 11.4 Å². The molecule has 1 fully saturated rings. The number of amides is 1. The zero-order chi connectivity index (χ0) is 10.7. The summed E-state index contributed by atoms with van der Waals surface area (Å²) in [7, 11) is 0. The molecule has 0 aliphatic heterocycles. The number of nitrogens with one attached hydrogen (secondary N) is 1. The first-order chi connectivity index (χ1) is 7.18. The molecule has 0 radical (unpaired) electrons. The topological polar surface area (TPSA) is 68.3 Å². The van der Waals surface area contributed by atoms with Crippen molar-refractivity contribution in [3.05, 3.63) is 24.2 Å². The Labute approximate surface area is 88.8 Å². The molecule has 0 atom stereocenters. The highest BCUT2D eigenvalue weighted by Crippen LogP contribution is 2.31. The summed E-state index contributed by atoms with van der Waals surface area (Å²) in [6.45, 7) is 0.446. The molecule has 82 valence electrons. The van der Waals surface area contributed by atoms with Crippen LogP contribution >= 0.6 is 0 Å². The lowest BCUT2D eigenvalue weighted by atomic mass is 9.75. The number of carbonyl (C=O) groups is 1. The summed E-state index contributed by atoms with van der Waals surface area (Å²) in [5, 5.41) is 2.80. The second kappa shape index (κ2) is 4.06.